The second-order valence-corrected chi connectivity index (χ2v) is 15.7. The molecule has 0 spiro atoms. The number of carbonyl (C=O) groups excluding carboxylic acids is 2. The van der Waals surface area contributed by atoms with Crippen LogP contribution >= 0.6 is 0 Å². The van der Waals surface area contributed by atoms with Gasteiger partial charge in [-0.1, -0.05) is 79.1 Å². The Kier molecular flexibility index (Phi) is 23.9. The van der Waals surface area contributed by atoms with Gasteiger partial charge in [0.15, 0.2) is 0 Å². The quantitative estimate of drug-likeness (QED) is 0.102. The maximum Gasteiger partial charge on any atom is 0.276 e. The molecule has 0 aromatic carbocycles. The van der Waals surface area contributed by atoms with E-state index in [1.807, 2.05) is 13.8 Å². The van der Waals surface area contributed by atoms with Crippen LogP contribution in [-0.4, -0.2) is 117 Å². The number of aliphatic carboxylic acids is 2. The van der Waals surface area contributed by atoms with Gasteiger partial charge in [-0.05, 0) is 24.7 Å². The van der Waals surface area contributed by atoms with Gasteiger partial charge in [-0.3, -0.25) is 4.55 Å². The number of hydrogen-bond acceptors (Lipinski definition) is 8. The van der Waals surface area contributed by atoms with Crippen molar-refractivity contribution >= 4 is 22.1 Å². The number of aliphatic hydroxyl groups is 2. The molecular formula is C30H64N2O9S. The van der Waals surface area contributed by atoms with Gasteiger partial charge < -0.3 is 39.0 Å². The fraction of sp³-hybridized carbons (Fsp3) is 0.933. The molecule has 3 N–H and O–H groups in total. The lowest BCUT2D eigenvalue weighted by Gasteiger charge is -2.39. The van der Waals surface area contributed by atoms with Crippen molar-refractivity contribution in [3.8, 4) is 0 Å². The number of unbranched alkanes of at least 4 members (excludes halogenated alkanes) is 4. The molecule has 0 saturated carbocycles. The van der Waals surface area contributed by atoms with E-state index in [0.29, 0.717) is 31.1 Å². The third-order valence-corrected chi connectivity index (χ3v) is 8.37. The van der Waals surface area contributed by atoms with Gasteiger partial charge in [0.25, 0.3) is 10.1 Å². The van der Waals surface area contributed by atoms with Crippen LogP contribution < -0.4 is 10.2 Å². The van der Waals surface area contributed by atoms with Gasteiger partial charge in [0.1, 0.15) is 17.8 Å². The predicted octanol–water partition coefficient (Wildman–Crippen LogP) is 1.31. The summed E-state index contributed by atoms with van der Waals surface area (Å²) in [5.41, 5.74) is 0. The van der Waals surface area contributed by atoms with Gasteiger partial charge in [-0.15, -0.1) is 0 Å². The molecule has 0 rings (SSSR count). The summed E-state index contributed by atoms with van der Waals surface area (Å²) in [6, 6.07) is 0. The Hall–Kier alpha value is -1.31. The SMILES string of the molecule is CC(C)CCCCCC(C(=O)[O-])C(CCCCCC(C)C)(C(=O)[O-])S(=O)(=O)O.C[N+](C)(C)CCO.C[N+](C)(C)CCO. The van der Waals surface area contributed by atoms with Crippen molar-refractivity contribution in [2.45, 2.75) is 96.7 Å². The zero-order valence-electron chi connectivity index (χ0n) is 28.2. The van der Waals surface area contributed by atoms with Crippen molar-refractivity contribution in [2.75, 3.05) is 68.6 Å². The number of quaternary nitrogens is 2. The van der Waals surface area contributed by atoms with Crippen LogP contribution in [0.1, 0.15) is 91.9 Å². The molecular weight excluding hydrogens is 564 g/mol. The molecule has 2 atom stereocenters. The van der Waals surface area contributed by atoms with E-state index < -0.39 is 39.1 Å². The first-order valence-electron chi connectivity index (χ1n) is 15.2. The van der Waals surface area contributed by atoms with Crippen molar-refractivity contribution in [3.05, 3.63) is 0 Å². The van der Waals surface area contributed by atoms with E-state index in [1.165, 1.54) is 0 Å². The Morgan fingerprint density at radius 2 is 1.05 bits per heavy atom. The minimum absolute atomic E-state index is 0.164. The predicted molar refractivity (Wildman–Crippen MR) is 164 cm³/mol. The molecule has 12 heteroatoms. The Morgan fingerprint density at radius 3 is 1.29 bits per heavy atom. The van der Waals surface area contributed by atoms with Gasteiger partial charge in [-0.25, -0.2) is 0 Å². The van der Waals surface area contributed by atoms with E-state index >= 15 is 0 Å². The van der Waals surface area contributed by atoms with Gasteiger partial charge in [-0.2, -0.15) is 8.42 Å². The largest absolute Gasteiger partial charge is 0.550 e. The third-order valence-electron chi connectivity index (χ3n) is 6.80. The maximum atomic E-state index is 12.0. The van der Waals surface area contributed by atoms with Crippen LogP contribution in [0.3, 0.4) is 0 Å². The summed E-state index contributed by atoms with van der Waals surface area (Å²) in [7, 11) is 7.10. The molecule has 254 valence electrons. The Morgan fingerprint density at radius 1 is 0.690 bits per heavy atom. The Balaban J connectivity index is -0.000000886. The molecule has 0 aromatic heterocycles. The van der Waals surface area contributed by atoms with E-state index in [2.05, 4.69) is 56.1 Å². The number of aliphatic hydroxyl groups excluding tert-OH is 2. The van der Waals surface area contributed by atoms with Crippen molar-refractivity contribution in [1.82, 2.24) is 0 Å². The molecule has 2 unspecified atom stereocenters. The fourth-order valence-corrected chi connectivity index (χ4v) is 5.36. The number of likely N-dealkylation sites (N-methyl/N-ethyl adjacent to an activating group) is 2. The van der Waals surface area contributed by atoms with Gasteiger partial charge in [0, 0.05) is 11.9 Å². The van der Waals surface area contributed by atoms with E-state index in [4.69, 9.17) is 10.2 Å². The molecule has 0 aliphatic rings. The molecule has 0 saturated heterocycles. The number of carboxylic acids is 2. The van der Waals surface area contributed by atoms with E-state index in [1.54, 1.807) is 0 Å². The summed E-state index contributed by atoms with van der Waals surface area (Å²) in [5, 5.41) is 40.3. The highest BCUT2D eigenvalue weighted by atomic mass is 32.2. The summed E-state index contributed by atoms with van der Waals surface area (Å²) in [5.74, 6) is -4.77. The van der Waals surface area contributed by atoms with Crippen LogP contribution in [0.15, 0.2) is 0 Å². The smallest absolute Gasteiger partial charge is 0.276 e. The maximum absolute atomic E-state index is 12.0. The standard InChI is InChI=1S/C20H38O7S.2C5H14NO/c1-15(2)11-7-5-9-13-17(18(21)22)20(19(23)24,28(25,26)27)14-10-6-8-12-16(3)4;2*1-6(2,3)4-5-7/h15-17H,5-14H2,1-4H3,(H,21,22)(H,23,24)(H,25,26,27);2*7H,4-5H2,1-3H3/q;2*+1/p-2. The minimum Gasteiger partial charge on any atom is -0.550 e. The van der Waals surface area contributed by atoms with Gasteiger partial charge >= 0.3 is 0 Å². The zero-order chi connectivity index (χ0) is 33.8. The molecule has 0 radical (unpaired) electrons. The topological polar surface area (TPSA) is 175 Å². The van der Waals surface area contributed by atoms with Crippen molar-refractivity contribution in [2.24, 2.45) is 17.8 Å². The van der Waals surface area contributed by atoms with Crippen LogP contribution in [0.2, 0.25) is 0 Å². The first-order chi connectivity index (χ1) is 19.0. The monoisotopic (exact) mass is 628 g/mol. The van der Waals surface area contributed by atoms with Crippen LogP contribution in [0.25, 0.3) is 0 Å². The Bertz CT molecular complexity index is 804. The second kappa shape index (κ2) is 22.2. The first-order valence-corrected chi connectivity index (χ1v) is 16.6. The summed E-state index contributed by atoms with van der Waals surface area (Å²) in [4.78, 5) is 23.5. The van der Waals surface area contributed by atoms with E-state index in [9.17, 15) is 32.8 Å². The molecule has 11 nitrogen and oxygen atoms in total. The molecule has 0 heterocycles. The average molecular weight is 629 g/mol. The highest BCUT2D eigenvalue weighted by molar-refractivity contribution is 7.88. The first kappa shape index (κ1) is 45.1. The lowest BCUT2D eigenvalue weighted by molar-refractivity contribution is -0.870. The number of rotatable bonds is 20. The minimum atomic E-state index is -5.21. The summed E-state index contributed by atoms with van der Waals surface area (Å²) < 4.78 is 32.6. The molecule has 0 amide bonds. The van der Waals surface area contributed by atoms with Gasteiger partial charge in [0.2, 0.25) is 0 Å². The van der Waals surface area contributed by atoms with Crippen LogP contribution in [0, 0.1) is 17.8 Å². The molecule has 0 aromatic rings. The third kappa shape index (κ3) is 23.2. The van der Waals surface area contributed by atoms with E-state index in [-0.39, 0.29) is 26.1 Å². The number of hydrogen-bond donors (Lipinski definition) is 3. The molecule has 0 aliphatic carbocycles. The molecule has 0 bridgehead atoms. The van der Waals surface area contributed by atoms with Crippen LogP contribution in [-0.2, 0) is 19.7 Å². The average Bonchev–Trinajstić information content (AvgIpc) is 2.77. The second-order valence-electron chi connectivity index (χ2n) is 14.0. The van der Waals surface area contributed by atoms with Crippen molar-refractivity contribution in [1.29, 1.82) is 0 Å². The zero-order valence-corrected chi connectivity index (χ0v) is 29.0. The van der Waals surface area contributed by atoms with Crippen LogP contribution in [0.4, 0.5) is 0 Å². The lowest BCUT2D eigenvalue weighted by Crippen LogP contribution is -2.62. The van der Waals surface area contributed by atoms with Crippen LogP contribution in [0.5, 0.6) is 0 Å². The normalized spacial score (nSPS) is 14.4. The highest BCUT2D eigenvalue weighted by Crippen LogP contribution is 2.36. The Labute approximate surface area is 256 Å². The van der Waals surface area contributed by atoms with E-state index in [0.717, 1.165) is 47.7 Å². The molecule has 42 heavy (non-hydrogen) atoms. The summed E-state index contributed by atoms with van der Waals surface area (Å²) in [6.07, 6.45) is 4.41. The van der Waals surface area contributed by atoms with Gasteiger partial charge in [0.05, 0.1) is 61.5 Å². The fourth-order valence-electron chi connectivity index (χ4n) is 4.17. The summed E-state index contributed by atoms with van der Waals surface area (Å²) >= 11 is 0. The lowest BCUT2D eigenvalue weighted by atomic mass is 9.82. The number of nitrogens with zero attached hydrogens (tertiary/aromatic N) is 2. The van der Waals surface area contributed by atoms with Crippen molar-refractivity contribution in [3.63, 3.8) is 0 Å². The number of carbonyl (C=O) groups is 2. The number of carboxylic acid groups (broad SMARTS) is 2. The molecule has 0 aliphatic heterocycles. The molecule has 0 fully saturated rings. The highest BCUT2D eigenvalue weighted by Gasteiger charge is 2.51. The summed E-state index contributed by atoms with van der Waals surface area (Å²) in [6.45, 7) is 10.4. The van der Waals surface area contributed by atoms with Crippen molar-refractivity contribution < 1.29 is 52.0 Å².